The lowest BCUT2D eigenvalue weighted by molar-refractivity contribution is 0.666. The number of hydrogen-bond donors (Lipinski definition) is 0. The molecule has 1 heterocycles. The second-order valence-electron chi connectivity index (χ2n) is 1.94. The van der Waals surface area contributed by atoms with Gasteiger partial charge in [-0.1, -0.05) is 12.2 Å². The Morgan fingerprint density at radius 3 is 3.30 bits per heavy atom. The molecule has 0 saturated heterocycles. The standard InChI is InChI=1S/C8H9FS/c9-8-4-1-2-6-10-7-3-5-8/h1,3-5,7H,2,6H2. The van der Waals surface area contributed by atoms with Crippen LogP contribution in [0, 0.1) is 0 Å². The van der Waals surface area contributed by atoms with E-state index in [2.05, 4.69) is 0 Å². The van der Waals surface area contributed by atoms with Crippen LogP contribution < -0.4 is 0 Å². The van der Waals surface area contributed by atoms with Gasteiger partial charge in [0, 0.05) is 5.75 Å². The largest absolute Gasteiger partial charge is 0.207 e. The van der Waals surface area contributed by atoms with Crippen LogP contribution in [0.25, 0.3) is 0 Å². The van der Waals surface area contributed by atoms with Crippen molar-refractivity contribution in [2.24, 2.45) is 0 Å². The highest BCUT2D eigenvalue weighted by Crippen LogP contribution is 2.09. The summed E-state index contributed by atoms with van der Waals surface area (Å²) < 4.78 is 12.5. The van der Waals surface area contributed by atoms with E-state index in [-0.39, 0.29) is 5.83 Å². The highest BCUT2D eigenvalue weighted by atomic mass is 32.2. The molecule has 0 radical (unpaired) electrons. The predicted octanol–water partition coefficient (Wildman–Crippen LogP) is 3.05. The summed E-state index contributed by atoms with van der Waals surface area (Å²) >= 11 is 1.70. The van der Waals surface area contributed by atoms with Gasteiger partial charge in [0.2, 0.25) is 0 Å². The van der Waals surface area contributed by atoms with Gasteiger partial charge in [-0.3, -0.25) is 0 Å². The number of rotatable bonds is 0. The quantitative estimate of drug-likeness (QED) is 0.519. The van der Waals surface area contributed by atoms with Gasteiger partial charge in [-0.25, -0.2) is 4.39 Å². The second-order valence-corrected chi connectivity index (χ2v) is 2.96. The first-order valence-electron chi connectivity index (χ1n) is 3.20. The maximum Gasteiger partial charge on any atom is 0.122 e. The molecule has 0 fully saturated rings. The maximum atomic E-state index is 12.5. The van der Waals surface area contributed by atoms with Crippen LogP contribution in [0.15, 0.2) is 35.5 Å². The molecule has 0 bridgehead atoms. The Morgan fingerprint density at radius 2 is 2.40 bits per heavy atom. The first kappa shape index (κ1) is 7.61. The smallest absolute Gasteiger partial charge is 0.122 e. The van der Waals surface area contributed by atoms with Gasteiger partial charge in [0.1, 0.15) is 5.83 Å². The Balaban J connectivity index is 2.60. The molecule has 0 spiro atoms. The molecule has 54 valence electrons. The molecule has 1 rings (SSSR count). The van der Waals surface area contributed by atoms with Crippen molar-refractivity contribution in [2.45, 2.75) is 6.42 Å². The van der Waals surface area contributed by atoms with Crippen molar-refractivity contribution in [3.05, 3.63) is 35.5 Å². The molecule has 0 amide bonds. The Labute approximate surface area is 64.5 Å². The van der Waals surface area contributed by atoms with E-state index in [9.17, 15) is 4.39 Å². The highest BCUT2D eigenvalue weighted by Gasteiger charge is 1.87. The fourth-order valence-corrected chi connectivity index (χ4v) is 1.24. The van der Waals surface area contributed by atoms with Crippen LogP contribution in [-0.2, 0) is 0 Å². The zero-order valence-electron chi connectivity index (χ0n) is 5.59. The van der Waals surface area contributed by atoms with Crippen molar-refractivity contribution in [2.75, 3.05) is 5.75 Å². The minimum atomic E-state index is -0.168. The molecule has 0 atom stereocenters. The van der Waals surface area contributed by atoms with Crippen molar-refractivity contribution in [3.63, 3.8) is 0 Å². The van der Waals surface area contributed by atoms with E-state index in [1.165, 1.54) is 12.2 Å². The molecule has 0 aliphatic carbocycles. The Kier molecular flexibility index (Phi) is 3.30. The van der Waals surface area contributed by atoms with Gasteiger partial charge >= 0.3 is 0 Å². The Bertz CT molecular complexity index is 180. The van der Waals surface area contributed by atoms with Crippen LogP contribution in [0.4, 0.5) is 4.39 Å². The molecule has 0 N–H and O–H groups in total. The van der Waals surface area contributed by atoms with E-state index in [1.54, 1.807) is 17.8 Å². The van der Waals surface area contributed by atoms with Crippen LogP contribution >= 0.6 is 11.8 Å². The Morgan fingerprint density at radius 1 is 1.50 bits per heavy atom. The summed E-state index contributed by atoms with van der Waals surface area (Å²) in [6, 6.07) is 0. The highest BCUT2D eigenvalue weighted by molar-refractivity contribution is 8.02. The summed E-state index contributed by atoms with van der Waals surface area (Å²) in [6.45, 7) is 0. The third-order valence-corrected chi connectivity index (χ3v) is 1.93. The molecule has 0 saturated carbocycles. The lowest BCUT2D eigenvalue weighted by atomic mass is 10.3. The van der Waals surface area contributed by atoms with Gasteiger partial charge in [0.25, 0.3) is 0 Å². The third-order valence-electron chi connectivity index (χ3n) is 1.11. The van der Waals surface area contributed by atoms with Gasteiger partial charge in [-0.2, -0.15) is 0 Å². The molecule has 2 heteroatoms. The number of hydrogen-bond acceptors (Lipinski definition) is 1. The van der Waals surface area contributed by atoms with Crippen molar-refractivity contribution < 1.29 is 4.39 Å². The summed E-state index contributed by atoms with van der Waals surface area (Å²) in [5, 5.41) is 1.91. The summed E-state index contributed by atoms with van der Waals surface area (Å²) in [5.41, 5.74) is 0. The summed E-state index contributed by atoms with van der Waals surface area (Å²) in [7, 11) is 0. The molecule has 10 heavy (non-hydrogen) atoms. The first-order valence-corrected chi connectivity index (χ1v) is 4.25. The van der Waals surface area contributed by atoms with Crippen molar-refractivity contribution in [1.29, 1.82) is 0 Å². The monoisotopic (exact) mass is 156 g/mol. The van der Waals surface area contributed by atoms with Crippen LogP contribution in [0.2, 0.25) is 0 Å². The van der Waals surface area contributed by atoms with E-state index < -0.39 is 0 Å². The topological polar surface area (TPSA) is 0 Å². The molecular weight excluding hydrogens is 147 g/mol. The molecule has 0 unspecified atom stereocenters. The maximum absolute atomic E-state index is 12.5. The van der Waals surface area contributed by atoms with Crippen LogP contribution in [0.1, 0.15) is 6.42 Å². The van der Waals surface area contributed by atoms with E-state index in [0.717, 1.165) is 12.2 Å². The predicted molar refractivity (Wildman–Crippen MR) is 44.5 cm³/mol. The summed E-state index contributed by atoms with van der Waals surface area (Å²) in [5.74, 6) is 0.868. The summed E-state index contributed by atoms with van der Waals surface area (Å²) in [4.78, 5) is 0. The summed E-state index contributed by atoms with van der Waals surface area (Å²) in [6.07, 6.45) is 7.50. The van der Waals surface area contributed by atoms with Crippen LogP contribution in [0.3, 0.4) is 0 Å². The Hall–Kier alpha value is -0.500. The van der Waals surface area contributed by atoms with E-state index in [4.69, 9.17) is 0 Å². The van der Waals surface area contributed by atoms with Crippen LogP contribution in [-0.4, -0.2) is 5.75 Å². The molecule has 0 aromatic carbocycles. The molecular formula is C8H9FS. The van der Waals surface area contributed by atoms with E-state index in [0.29, 0.717) is 0 Å². The van der Waals surface area contributed by atoms with Gasteiger partial charge in [0.15, 0.2) is 0 Å². The van der Waals surface area contributed by atoms with Gasteiger partial charge in [-0.05, 0) is 24.0 Å². The fourth-order valence-electron chi connectivity index (χ4n) is 0.642. The van der Waals surface area contributed by atoms with Gasteiger partial charge in [-0.15, -0.1) is 11.8 Å². The van der Waals surface area contributed by atoms with Gasteiger partial charge < -0.3 is 0 Å². The number of allylic oxidation sites excluding steroid dienone is 5. The third kappa shape index (κ3) is 2.87. The van der Waals surface area contributed by atoms with Crippen molar-refractivity contribution >= 4 is 11.8 Å². The average molecular weight is 156 g/mol. The minimum absolute atomic E-state index is 0.168. The van der Waals surface area contributed by atoms with Crippen LogP contribution in [0.5, 0.6) is 0 Å². The zero-order chi connectivity index (χ0) is 7.23. The zero-order valence-corrected chi connectivity index (χ0v) is 6.40. The lowest BCUT2D eigenvalue weighted by Crippen LogP contribution is -1.69. The number of halogens is 1. The molecule has 1 aliphatic rings. The number of thioether (sulfide) groups is 1. The van der Waals surface area contributed by atoms with Gasteiger partial charge in [0.05, 0.1) is 0 Å². The molecule has 0 nitrogen and oxygen atoms in total. The van der Waals surface area contributed by atoms with E-state index >= 15 is 0 Å². The second kappa shape index (κ2) is 4.34. The van der Waals surface area contributed by atoms with E-state index in [1.807, 2.05) is 11.5 Å². The molecule has 0 aromatic heterocycles. The SMILES string of the molecule is FC1=CC=CSCCC=C1. The first-order chi connectivity index (χ1) is 4.89. The molecule has 1 aliphatic heterocycles. The average Bonchev–Trinajstić information content (AvgIpc) is 2.02. The lowest BCUT2D eigenvalue weighted by Gasteiger charge is -1.86. The molecule has 0 aromatic rings. The van der Waals surface area contributed by atoms with Crippen molar-refractivity contribution in [3.8, 4) is 0 Å². The van der Waals surface area contributed by atoms with Crippen molar-refractivity contribution in [1.82, 2.24) is 0 Å². The fraction of sp³-hybridized carbons (Fsp3) is 0.250. The normalized spacial score (nSPS) is 19.1. The minimum Gasteiger partial charge on any atom is -0.207 e.